The Labute approximate surface area is 121 Å². The van der Waals surface area contributed by atoms with E-state index in [0.717, 1.165) is 19.5 Å². The highest BCUT2D eigenvalue weighted by molar-refractivity contribution is 5.17. The van der Waals surface area contributed by atoms with Gasteiger partial charge in [0.05, 0.1) is 0 Å². The lowest BCUT2D eigenvalue weighted by atomic mass is 9.93. The minimum absolute atomic E-state index is 0.145. The van der Waals surface area contributed by atoms with Crippen molar-refractivity contribution < 1.29 is 4.39 Å². The summed E-state index contributed by atoms with van der Waals surface area (Å²) >= 11 is 0. The van der Waals surface area contributed by atoms with Crippen molar-refractivity contribution in [3.8, 4) is 0 Å². The molecule has 20 heavy (non-hydrogen) atoms. The lowest BCUT2D eigenvalue weighted by Gasteiger charge is -2.44. The van der Waals surface area contributed by atoms with Crippen LogP contribution in [0, 0.1) is 5.82 Å². The molecule has 3 heteroatoms. The summed E-state index contributed by atoms with van der Waals surface area (Å²) in [5, 5.41) is 3.76. The molecule has 1 saturated carbocycles. The zero-order valence-electron chi connectivity index (χ0n) is 12.4. The Morgan fingerprint density at radius 3 is 2.65 bits per heavy atom. The van der Waals surface area contributed by atoms with Crippen LogP contribution in [0.2, 0.25) is 0 Å². The second-order valence-corrected chi connectivity index (χ2v) is 6.56. The molecule has 2 aliphatic rings. The predicted octanol–water partition coefficient (Wildman–Crippen LogP) is 2.97. The zero-order chi connectivity index (χ0) is 14.0. The van der Waals surface area contributed by atoms with E-state index in [-0.39, 0.29) is 5.82 Å². The van der Waals surface area contributed by atoms with Crippen molar-refractivity contribution in [2.45, 2.75) is 50.6 Å². The molecular formula is C17H25FN2. The molecule has 1 aliphatic heterocycles. The van der Waals surface area contributed by atoms with E-state index < -0.39 is 0 Å². The summed E-state index contributed by atoms with van der Waals surface area (Å²) in [5.41, 5.74) is 1.62. The standard InChI is InChI=1S/C17H25FN2/c1-14(12-15-4-6-16(18)7-5-15)20-11-10-19-17(13-20)8-2-3-9-17/h4-7,14,19H,2-3,8-13H2,1H3. The molecule has 0 radical (unpaired) electrons. The molecule has 2 fully saturated rings. The predicted molar refractivity (Wildman–Crippen MR) is 80.3 cm³/mol. The van der Waals surface area contributed by atoms with E-state index in [1.807, 2.05) is 12.1 Å². The molecule has 0 aromatic heterocycles. The van der Waals surface area contributed by atoms with Gasteiger partial charge in [-0.05, 0) is 43.9 Å². The third kappa shape index (κ3) is 3.04. The molecule has 1 aromatic carbocycles. The van der Waals surface area contributed by atoms with Crippen LogP contribution in [0.1, 0.15) is 38.2 Å². The van der Waals surface area contributed by atoms with Crippen LogP contribution in [-0.2, 0) is 6.42 Å². The maximum Gasteiger partial charge on any atom is 0.123 e. The smallest absolute Gasteiger partial charge is 0.123 e. The fourth-order valence-electron chi connectivity index (χ4n) is 3.84. The highest BCUT2D eigenvalue weighted by Gasteiger charge is 2.38. The number of rotatable bonds is 3. The van der Waals surface area contributed by atoms with Crippen molar-refractivity contribution in [1.29, 1.82) is 0 Å². The molecule has 0 bridgehead atoms. The molecule has 1 N–H and O–H groups in total. The molecule has 1 saturated heterocycles. The Balaban J connectivity index is 1.61. The van der Waals surface area contributed by atoms with Crippen molar-refractivity contribution in [2.24, 2.45) is 0 Å². The topological polar surface area (TPSA) is 15.3 Å². The molecule has 1 aliphatic carbocycles. The van der Waals surface area contributed by atoms with Crippen molar-refractivity contribution in [2.75, 3.05) is 19.6 Å². The summed E-state index contributed by atoms with van der Waals surface area (Å²) in [7, 11) is 0. The Bertz CT molecular complexity index is 437. The molecule has 110 valence electrons. The van der Waals surface area contributed by atoms with Gasteiger partial charge in [0.15, 0.2) is 0 Å². The summed E-state index contributed by atoms with van der Waals surface area (Å²) in [6.45, 7) is 5.71. The third-order valence-corrected chi connectivity index (χ3v) is 5.03. The minimum atomic E-state index is -0.145. The van der Waals surface area contributed by atoms with Gasteiger partial charge in [0.25, 0.3) is 0 Å². The maximum absolute atomic E-state index is 13.0. The van der Waals surface area contributed by atoms with Crippen molar-refractivity contribution >= 4 is 0 Å². The largest absolute Gasteiger partial charge is 0.309 e. The molecule has 1 unspecified atom stereocenters. The van der Waals surface area contributed by atoms with Gasteiger partial charge in [0.1, 0.15) is 5.82 Å². The van der Waals surface area contributed by atoms with Crippen molar-refractivity contribution in [3.05, 3.63) is 35.6 Å². The average Bonchev–Trinajstić information content (AvgIpc) is 2.89. The van der Waals surface area contributed by atoms with Crippen LogP contribution in [0.4, 0.5) is 4.39 Å². The minimum Gasteiger partial charge on any atom is -0.309 e. The SMILES string of the molecule is CC(Cc1ccc(F)cc1)N1CCNC2(CCCC2)C1. The van der Waals surface area contributed by atoms with Gasteiger partial charge in [-0.2, -0.15) is 0 Å². The quantitative estimate of drug-likeness (QED) is 0.913. The van der Waals surface area contributed by atoms with Gasteiger partial charge < -0.3 is 5.32 Å². The monoisotopic (exact) mass is 276 g/mol. The van der Waals surface area contributed by atoms with Gasteiger partial charge in [0.2, 0.25) is 0 Å². The first kappa shape index (κ1) is 14.0. The number of hydrogen-bond acceptors (Lipinski definition) is 2. The highest BCUT2D eigenvalue weighted by Crippen LogP contribution is 2.32. The first-order valence-electron chi connectivity index (χ1n) is 7.90. The highest BCUT2D eigenvalue weighted by atomic mass is 19.1. The van der Waals surface area contributed by atoms with Crippen LogP contribution >= 0.6 is 0 Å². The number of hydrogen-bond donors (Lipinski definition) is 1. The van der Waals surface area contributed by atoms with E-state index in [0.29, 0.717) is 11.6 Å². The van der Waals surface area contributed by atoms with Gasteiger partial charge in [-0.25, -0.2) is 4.39 Å². The van der Waals surface area contributed by atoms with Crippen molar-refractivity contribution in [3.63, 3.8) is 0 Å². The van der Waals surface area contributed by atoms with E-state index in [2.05, 4.69) is 17.1 Å². The van der Waals surface area contributed by atoms with Crippen LogP contribution in [-0.4, -0.2) is 36.1 Å². The number of benzene rings is 1. The lowest BCUT2D eigenvalue weighted by molar-refractivity contribution is 0.100. The zero-order valence-corrected chi connectivity index (χ0v) is 12.4. The second-order valence-electron chi connectivity index (χ2n) is 6.56. The molecule has 1 spiro atoms. The van der Waals surface area contributed by atoms with E-state index in [9.17, 15) is 4.39 Å². The molecule has 2 nitrogen and oxygen atoms in total. The van der Waals surface area contributed by atoms with Gasteiger partial charge in [0, 0.05) is 31.2 Å². The van der Waals surface area contributed by atoms with Crippen LogP contribution in [0.3, 0.4) is 0 Å². The van der Waals surface area contributed by atoms with Gasteiger partial charge in [-0.15, -0.1) is 0 Å². The lowest BCUT2D eigenvalue weighted by Crippen LogP contribution is -2.60. The van der Waals surface area contributed by atoms with Crippen LogP contribution in [0.15, 0.2) is 24.3 Å². The Kier molecular flexibility index (Phi) is 4.08. The average molecular weight is 276 g/mol. The van der Waals surface area contributed by atoms with Crippen molar-refractivity contribution in [1.82, 2.24) is 10.2 Å². The molecule has 1 heterocycles. The summed E-state index contributed by atoms with van der Waals surface area (Å²) in [6.07, 6.45) is 6.40. The summed E-state index contributed by atoms with van der Waals surface area (Å²) in [6, 6.07) is 7.50. The second kappa shape index (κ2) is 5.82. The Hall–Kier alpha value is -0.930. The molecule has 1 aromatic rings. The first-order valence-corrected chi connectivity index (χ1v) is 7.90. The molecule has 0 amide bonds. The van der Waals surface area contributed by atoms with Gasteiger partial charge >= 0.3 is 0 Å². The number of nitrogens with one attached hydrogen (secondary N) is 1. The molecule has 1 atom stereocenters. The summed E-state index contributed by atoms with van der Waals surface area (Å²) in [5.74, 6) is -0.145. The van der Waals surface area contributed by atoms with Gasteiger partial charge in [-0.1, -0.05) is 25.0 Å². The fraction of sp³-hybridized carbons (Fsp3) is 0.647. The van der Waals surface area contributed by atoms with Crippen LogP contribution in [0.5, 0.6) is 0 Å². The summed E-state index contributed by atoms with van der Waals surface area (Å²) in [4.78, 5) is 2.62. The Morgan fingerprint density at radius 2 is 1.95 bits per heavy atom. The van der Waals surface area contributed by atoms with E-state index >= 15 is 0 Å². The van der Waals surface area contributed by atoms with Gasteiger partial charge in [-0.3, -0.25) is 4.90 Å². The maximum atomic E-state index is 13.0. The number of piperazine rings is 1. The van der Waals surface area contributed by atoms with E-state index in [4.69, 9.17) is 0 Å². The van der Waals surface area contributed by atoms with E-state index in [1.54, 1.807) is 12.1 Å². The third-order valence-electron chi connectivity index (χ3n) is 5.03. The fourth-order valence-corrected chi connectivity index (χ4v) is 3.84. The molecular weight excluding hydrogens is 251 g/mol. The summed E-state index contributed by atoms with van der Waals surface area (Å²) < 4.78 is 13.0. The van der Waals surface area contributed by atoms with E-state index in [1.165, 1.54) is 37.8 Å². The molecule has 3 rings (SSSR count). The van der Waals surface area contributed by atoms with Crippen LogP contribution in [0.25, 0.3) is 0 Å². The van der Waals surface area contributed by atoms with Crippen LogP contribution < -0.4 is 5.32 Å². The number of nitrogens with zero attached hydrogens (tertiary/aromatic N) is 1. The normalized spacial score (nSPS) is 24.1. The first-order chi connectivity index (χ1) is 9.67. The number of halogens is 1. The Morgan fingerprint density at radius 1 is 1.25 bits per heavy atom.